The van der Waals surface area contributed by atoms with E-state index in [4.69, 9.17) is 9.26 Å². The van der Waals surface area contributed by atoms with Crippen LogP contribution in [0.4, 0.5) is 6.01 Å². The molecule has 0 spiro atoms. The van der Waals surface area contributed by atoms with Crippen molar-refractivity contribution in [2.24, 2.45) is 0 Å². The van der Waals surface area contributed by atoms with Crippen LogP contribution in [0.1, 0.15) is 18.5 Å². The van der Waals surface area contributed by atoms with Crippen molar-refractivity contribution < 1.29 is 9.26 Å². The summed E-state index contributed by atoms with van der Waals surface area (Å²) in [7, 11) is 1.63. The van der Waals surface area contributed by atoms with Crippen LogP contribution in [0.2, 0.25) is 0 Å². The lowest BCUT2D eigenvalue weighted by Crippen LogP contribution is -2.06. The first-order chi connectivity index (χ1) is 10.8. The minimum Gasteiger partial charge on any atom is -0.497 e. The molecule has 0 saturated heterocycles. The molecule has 5 heteroatoms. The molecule has 3 rings (SSSR count). The van der Waals surface area contributed by atoms with E-state index in [1.54, 1.807) is 7.11 Å². The van der Waals surface area contributed by atoms with E-state index in [2.05, 4.69) is 27.6 Å². The molecule has 1 N–H and O–H groups in total. The molecule has 0 aliphatic carbocycles. The number of methoxy groups -OCH3 is 1. The SMILES string of the molecule is COc1cccc(-c2noc(N[C@H](C)c3ccccc3)n2)c1. The Morgan fingerprint density at radius 3 is 2.68 bits per heavy atom. The summed E-state index contributed by atoms with van der Waals surface area (Å²) in [6.45, 7) is 2.05. The van der Waals surface area contributed by atoms with E-state index in [9.17, 15) is 0 Å². The minimum absolute atomic E-state index is 0.0832. The Morgan fingerprint density at radius 1 is 1.09 bits per heavy atom. The van der Waals surface area contributed by atoms with E-state index >= 15 is 0 Å². The van der Waals surface area contributed by atoms with E-state index < -0.39 is 0 Å². The fraction of sp³-hybridized carbons (Fsp3) is 0.176. The predicted octanol–water partition coefficient (Wildman–Crippen LogP) is 3.92. The fourth-order valence-corrected chi connectivity index (χ4v) is 2.17. The van der Waals surface area contributed by atoms with E-state index in [-0.39, 0.29) is 6.04 Å². The summed E-state index contributed by atoms with van der Waals surface area (Å²) in [4.78, 5) is 4.38. The average molecular weight is 295 g/mol. The molecule has 0 radical (unpaired) electrons. The first-order valence-electron chi connectivity index (χ1n) is 7.06. The van der Waals surface area contributed by atoms with Gasteiger partial charge in [-0.25, -0.2) is 0 Å². The van der Waals surface area contributed by atoms with Crippen LogP contribution in [0.5, 0.6) is 5.75 Å². The zero-order chi connectivity index (χ0) is 15.4. The van der Waals surface area contributed by atoms with Gasteiger partial charge in [-0.15, -0.1) is 0 Å². The molecule has 0 unspecified atom stereocenters. The summed E-state index contributed by atoms with van der Waals surface area (Å²) in [5.74, 6) is 1.29. The minimum atomic E-state index is 0.0832. The molecule has 112 valence electrons. The lowest BCUT2D eigenvalue weighted by molar-refractivity contribution is 0.414. The van der Waals surface area contributed by atoms with E-state index in [1.807, 2.05) is 49.4 Å². The van der Waals surface area contributed by atoms with E-state index in [0.717, 1.165) is 16.9 Å². The van der Waals surface area contributed by atoms with Gasteiger partial charge in [-0.1, -0.05) is 47.6 Å². The monoisotopic (exact) mass is 295 g/mol. The molecule has 3 aromatic rings. The highest BCUT2D eigenvalue weighted by Crippen LogP contribution is 2.24. The molecule has 22 heavy (non-hydrogen) atoms. The number of aromatic nitrogens is 2. The second-order valence-electron chi connectivity index (χ2n) is 4.93. The summed E-state index contributed by atoms with van der Waals surface area (Å²) >= 11 is 0. The number of hydrogen-bond donors (Lipinski definition) is 1. The lowest BCUT2D eigenvalue weighted by Gasteiger charge is -2.11. The van der Waals surface area contributed by atoms with Crippen LogP contribution in [-0.2, 0) is 0 Å². The average Bonchev–Trinajstić information content (AvgIpc) is 3.04. The number of nitrogens with zero attached hydrogens (tertiary/aromatic N) is 2. The molecule has 0 fully saturated rings. The first kappa shape index (κ1) is 14.1. The van der Waals surface area contributed by atoms with Gasteiger partial charge in [0.1, 0.15) is 5.75 Å². The van der Waals surface area contributed by atoms with E-state index in [0.29, 0.717) is 11.8 Å². The van der Waals surface area contributed by atoms with Gasteiger partial charge in [0.25, 0.3) is 0 Å². The molecular formula is C17H17N3O2. The smallest absolute Gasteiger partial charge is 0.322 e. The Balaban J connectivity index is 1.76. The highest BCUT2D eigenvalue weighted by molar-refractivity contribution is 5.58. The zero-order valence-corrected chi connectivity index (χ0v) is 12.5. The molecule has 0 bridgehead atoms. The normalized spacial score (nSPS) is 11.9. The maximum Gasteiger partial charge on any atom is 0.322 e. The Labute approximate surface area is 128 Å². The van der Waals surface area contributed by atoms with Crippen LogP contribution >= 0.6 is 0 Å². The second kappa shape index (κ2) is 6.30. The summed E-state index contributed by atoms with van der Waals surface area (Å²) in [6.07, 6.45) is 0. The molecule has 2 aromatic carbocycles. The zero-order valence-electron chi connectivity index (χ0n) is 12.5. The van der Waals surface area contributed by atoms with Crippen molar-refractivity contribution in [2.45, 2.75) is 13.0 Å². The molecular weight excluding hydrogens is 278 g/mol. The van der Waals surface area contributed by atoms with Crippen LogP contribution in [0.3, 0.4) is 0 Å². The van der Waals surface area contributed by atoms with Crippen molar-refractivity contribution in [3.05, 3.63) is 60.2 Å². The van der Waals surface area contributed by atoms with Crippen LogP contribution in [0.25, 0.3) is 11.4 Å². The van der Waals surface area contributed by atoms with Crippen molar-refractivity contribution in [2.75, 3.05) is 12.4 Å². The van der Waals surface area contributed by atoms with Crippen LogP contribution in [0, 0.1) is 0 Å². The van der Waals surface area contributed by atoms with Gasteiger partial charge in [-0.2, -0.15) is 4.98 Å². The van der Waals surface area contributed by atoms with Gasteiger partial charge in [-0.3, -0.25) is 0 Å². The van der Waals surface area contributed by atoms with Crippen molar-refractivity contribution in [1.82, 2.24) is 10.1 Å². The largest absolute Gasteiger partial charge is 0.497 e. The number of ether oxygens (including phenoxy) is 1. The quantitative estimate of drug-likeness (QED) is 0.773. The van der Waals surface area contributed by atoms with Crippen LogP contribution < -0.4 is 10.1 Å². The van der Waals surface area contributed by atoms with Crippen LogP contribution in [0.15, 0.2) is 59.1 Å². The predicted molar refractivity (Wildman–Crippen MR) is 84.8 cm³/mol. The fourth-order valence-electron chi connectivity index (χ4n) is 2.17. The lowest BCUT2D eigenvalue weighted by atomic mass is 10.1. The summed E-state index contributed by atoms with van der Waals surface area (Å²) < 4.78 is 10.5. The van der Waals surface area contributed by atoms with E-state index in [1.165, 1.54) is 0 Å². The molecule has 0 aliphatic heterocycles. The van der Waals surface area contributed by atoms with Gasteiger partial charge in [0.05, 0.1) is 13.2 Å². The summed E-state index contributed by atoms with van der Waals surface area (Å²) in [5.41, 5.74) is 2.01. The Bertz CT molecular complexity index is 740. The number of anilines is 1. The molecule has 1 heterocycles. The standard InChI is InChI=1S/C17H17N3O2/c1-12(13-7-4-3-5-8-13)18-17-19-16(20-22-17)14-9-6-10-15(11-14)21-2/h3-12H,1-2H3,(H,18,19,20)/t12-/m1/s1. The second-order valence-corrected chi connectivity index (χ2v) is 4.93. The van der Waals surface area contributed by atoms with Gasteiger partial charge < -0.3 is 14.6 Å². The molecule has 5 nitrogen and oxygen atoms in total. The van der Waals surface area contributed by atoms with Crippen molar-refractivity contribution >= 4 is 6.01 Å². The Morgan fingerprint density at radius 2 is 1.91 bits per heavy atom. The van der Waals surface area contributed by atoms with Crippen molar-refractivity contribution in [1.29, 1.82) is 0 Å². The molecule has 0 amide bonds. The number of rotatable bonds is 5. The Hall–Kier alpha value is -2.82. The topological polar surface area (TPSA) is 60.2 Å². The Kier molecular flexibility index (Phi) is 4.05. The molecule has 0 saturated carbocycles. The van der Waals surface area contributed by atoms with Gasteiger partial charge in [0, 0.05) is 5.56 Å². The molecule has 1 atom stereocenters. The number of hydrogen-bond acceptors (Lipinski definition) is 5. The highest BCUT2D eigenvalue weighted by Gasteiger charge is 2.12. The third-order valence-corrected chi connectivity index (χ3v) is 3.39. The third kappa shape index (κ3) is 3.09. The van der Waals surface area contributed by atoms with Crippen molar-refractivity contribution in [3.63, 3.8) is 0 Å². The van der Waals surface area contributed by atoms with Gasteiger partial charge >= 0.3 is 6.01 Å². The van der Waals surface area contributed by atoms with Gasteiger partial charge in [0.2, 0.25) is 5.82 Å². The van der Waals surface area contributed by atoms with Crippen LogP contribution in [-0.4, -0.2) is 17.3 Å². The number of benzene rings is 2. The maximum atomic E-state index is 5.27. The summed E-state index contributed by atoms with van der Waals surface area (Å²) in [6, 6.07) is 18.1. The molecule has 0 aliphatic rings. The molecule has 1 aromatic heterocycles. The first-order valence-corrected chi connectivity index (χ1v) is 7.06. The summed E-state index contributed by atoms with van der Waals surface area (Å²) in [5, 5.41) is 7.21. The van der Waals surface area contributed by atoms with Gasteiger partial charge in [0.15, 0.2) is 0 Å². The van der Waals surface area contributed by atoms with Crippen molar-refractivity contribution in [3.8, 4) is 17.1 Å². The highest BCUT2D eigenvalue weighted by atomic mass is 16.5. The van der Waals surface area contributed by atoms with Gasteiger partial charge in [-0.05, 0) is 24.6 Å². The third-order valence-electron chi connectivity index (χ3n) is 3.39. The maximum absolute atomic E-state index is 5.27. The number of nitrogens with one attached hydrogen (secondary N) is 1.